The number of alkyl halides is 1. The van der Waals surface area contributed by atoms with Crippen LogP contribution >= 0.6 is 11.6 Å². The van der Waals surface area contributed by atoms with Crippen LogP contribution in [0.1, 0.15) is 41.0 Å². The van der Waals surface area contributed by atoms with E-state index in [1.165, 1.54) is 0 Å². The van der Waals surface area contributed by atoms with Gasteiger partial charge < -0.3 is 33.7 Å². The van der Waals surface area contributed by atoms with Crippen LogP contribution in [0, 0.1) is 0 Å². The van der Waals surface area contributed by atoms with Gasteiger partial charge in [0.15, 0.2) is 12.2 Å². The van der Waals surface area contributed by atoms with Crippen LogP contribution in [0.25, 0.3) is 0 Å². The van der Waals surface area contributed by atoms with Crippen LogP contribution in [-0.4, -0.2) is 85.0 Å². The first-order chi connectivity index (χ1) is 15.7. The Morgan fingerprint density at radius 2 is 1.56 bits per heavy atom. The minimum absolute atomic E-state index is 0.447. The van der Waals surface area contributed by atoms with E-state index in [-0.39, 0.29) is 0 Å². The highest BCUT2D eigenvalue weighted by Gasteiger charge is 2.57. The van der Waals surface area contributed by atoms with E-state index >= 15 is 0 Å². The number of carbonyl (C=O) groups excluding carboxylic acids is 6. The third-order valence-corrected chi connectivity index (χ3v) is 4.88. The average Bonchev–Trinajstić information content (AvgIpc) is 2.69. The molecule has 1 N–H and O–H groups in total. The molecule has 1 aliphatic heterocycles. The molecule has 0 aliphatic carbocycles. The highest BCUT2D eigenvalue weighted by atomic mass is 35.5. The van der Waals surface area contributed by atoms with E-state index in [9.17, 15) is 28.8 Å². The summed E-state index contributed by atoms with van der Waals surface area (Å²) in [6.07, 6.45) is -6.29. The number of nitrogens with one attached hydrogen (secondary N) is 1. The van der Waals surface area contributed by atoms with E-state index in [0.29, 0.717) is 0 Å². The Morgan fingerprint density at radius 1 is 0.971 bits per heavy atom. The fraction of sp³-hybridized carbons (Fsp3) is 0.700. The van der Waals surface area contributed by atoms with E-state index in [1.54, 1.807) is 0 Å². The van der Waals surface area contributed by atoms with Crippen LogP contribution in [0.2, 0.25) is 0 Å². The maximum atomic E-state index is 12.4. The zero-order valence-corrected chi connectivity index (χ0v) is 20.3. The van der Waals surface area contributed by atoms with Gasteiger partial charge in [-0.1, -0.05) is 11.6 Å². The first-order valence-electron chi connectivity index (χ1n) is 10.1. The Morgan fingerprint density at radius 3 is 2.00 bits per heavy atom. The van der Waals surface area contributed by atoms with Crippen molar-refractivity contribution in [3.8, 4) is 0 Å². The lowest BCUT2D eigenvalue weighted by Gasteiger charge is -2.46. The van der Waals surface area contributed by atoms with Crippen molar-refractivity contribution in [2.45, 2.75) is 76.6 Å². The zero-order chi connectivity index (χ0) is 26.2. The van der Waals surface area contributed by atoms with Crippen LogP contribution in [0.5, 0.6) is 0 Å². The molecule has 0 bridgehead atoms. The number of halogens is 1. The van der Waals surface area contributed by atoms with Gasteiger partial charge in [-0.25, -0.2) is 4.79 Å². The molecular formula is C20H28ClNO12. The second kappa shape index (κ2) is 12.5. The molecule has 1 aliphatic rings. The largest absolute Gasteiger partial charge is 0.466 e. The molecule has 1 heterocycles. The molecule has 1 fully saturated rings. The van der Waals surface area contributed by atoms with Gasteiger partial charge in [-0.2, -0.15) is 0 Å². The molecule has 6 atom stereocenters. The van der Waals surface area contributed by atoms with Gasteiger partial charge in [0.1, 0.15) is 18.8 Å². The second-order valence-corrected chi connectivity index (χ2v) is 8.02. The molecule has 0 spiro atoms. The minimum atomic E-state index is -2.24. The SMILES string of the molecule is COC(=O)C1(Cl)C[C@H](OC(C)=O)[C@@H](NC(C)=O)[C@H](C(OC(C)=O)C(COC(C)=O)OC(C)=O)O1. The fourth-order valence-corrected chi connectivity index (χ4v) is 3.71. The van der Waals surface area contributed by atoms with Crippen LogP contribution in [0.4, 0.5) is 0 Å². The number of rotatable bonds is 9. The monoisotopic (exact) mass is 509 g/mol. The summed E-state index contributed by atoms with van der Waals surface area (Å²) in [5, 5.41) is 0.276. The van der Waals surface area contributed by atoms with Gasteiger partial charge in [0.2, 0.25) is 11.0 Å². The normalized spacial score (nSPS) is 25.7. The Bertz CT molecular complexity index is 817. The number of amides is 1. The molecule has 0 saturated carbocycles. The van der Waals surface area contributed by atoms with Gasteiger partial charge in [-0.15, -0.1) is 0 Å². The maximum absolute atomic E-state index is 12.4. The van der Waals surface area contributed by atoms with Crippen LogP contribution < -0.4 is 5.32 Å². The van der Waals surface area contributed by atoms with Gasteiger partial charge in [0.05, 0.1) is 13.2 Å². The summed E-state index contributed by atoms with van der Waals surface area (Å²) in [5.74, 6) is -4.87. The predicted molar refractivity (Wildman–Crippen MR) is 111 cm³/mol. The van der Waals surface area contributed by atoms with Crippen LogP contribution in [0.15, 0.2) is 0 Å². The van der Waals surface area contributed by atoms with E-state index in [2.05, 4.69) is 10.1 Å². The molecule has 0 aromatic rings. The standard InChI is InChI=1S/C20H28ClNO12/c1-9(23)22-16-14(31-11(3)25)7-20(21,19(28)29-6)34-18(16)17(33-13(5)27)15(32-12(4)26)8-30-10(2)24/h14-18H,7-8H2,1-6H3,(H,22,23)/t14-,15?,16+,17?,18+,20?/m0/s1. The van der Waals surface area contributed by atoms with E-state index in [4.69, 9.17) is 35.3 Å². The summed E-state index contributed by atoms with van der Waals surface area (Å²) in [7, 11) is 1.04. The third kappa shape index (κ3) is 8.45. The first kappa shape index (κ1) is 29.1. The molecule has 1 rings (SSSR count). The van der Waals surface area contributed by atoms with Gasteiger partial charge in [0.25, 0.3) is 0 Å². The smallest absolute Gasteiger partial charge is 0.354 e. The molecule has 0 radical (unpaired) electrons. The van der Waals surface area contributed by atoms with Crippen LogP contribution in [-0.2, 0) is 57.2 Å². The van der Waals surface area contributed by atoms with Gasteiger partial charge in [0, 0.05) is 41.0 Å². The highest BCUT2D eigenvalue weighted by Crippen LogP contribution is 2.38. The van der Waals surface area contributed by atoms with Crippen molar-refractivity contribution >= 4 is 47.4 Å². The van der Waals surface area contributed by atoms with Crippen molar-refractivity contribution in [2.75, 3.05) is 13.7 Å². The molecule has 34 heavy (non-hydrogen) atoms. The average molecular weight is 510 g/mol. The third-order valence-electron chi connectivity index (χ3n) is 4.48. The quantitative estimate of drug-likeness (QED) is 0.246. The number of esters is 5. The number of carbonyl (C=O) groups is 6. The highest BCUT2D eigenvalue weighted by molar-refractivity contribution is 6.32. The summed E-state index contributed by atoms with van der Waals surface area (Å²) < 4.78 is 31.2. The van der Waals surface area contributed by atoms with Crippen molar-refractivity contribution in [3.63, 3.8) is 0 Å². The molecular weight excluding hydrogens is 482 g/mol. The molecule has 13 nitrogen and oxygen atoms in total. The van der Waals surface area contributed by atoms with Crippen LogP contribution in [0.3, 0.4) is 0 Å². The van der Waals surface area contributed by atoms with E-state index in [1.807, 2.05) is 0 Å². The Balaban J connectivity index is 3.64. The van der Waals surface area contributed by atoms with Gasteiger partial charge >= 0.3 is 29.8 Å². The molecule has 14 heteroatoms. The first-order valence-corrected chi connectivity index (χ1v) is 10.4. The number of hydrogen-bond donors (Lipinski definition) is 1. The topological polar surface area (TPSA) is 170 Å². The Kier molecular flexibility index (Phi) is 10.7. The van der Waals surface area contributed by atoms with Crippen molar-refractivity contribution < 1.29 is 57.2 Å². The second-order valence-electron chi connectivity index (χ2n) is 7.41. The summed E-state index contributed by atoms with van der Waals surface area (Å²) >= 11 is 6.38. The lowest BCUT2D eigenvalue weighted by molar-refractivity contribution is -0.225. The fourth-order valence-electron chi connectivity index (χ4n) is 3.38. The number of methoxy groups -OCH3 is 1. The Labute approximate surface area is 200 Å². The summed E-state index contributed by atoms with van der Waals surface area (Å²) in [6.45, 7) is 4.87. The molecule has 192 valence electrons. The summed E-state index contributed by atoms with van der Waals surface area (Å²) in [6, 6.07) is -1.24. The molecule has 3 unspecified atom stereocenters. The maximum Gasteiger partial charge on any atom is 0.354 e. The molecule has 0 aromatic heterocycles. The van der Waals surface area contributed by atoms with E-state index in [0.717, 1.165) is 41.7 Å². The molecule has 0 aromatic carbocycles. The van der Waals surface area contributed by atoms with Gasteiger partial charge in [-0.05, 0) is 0 Å². The van der Waals surface area contributed by atoms with Crippen molar-refractivity contribution in [3.05, 3.63) is 0 Å². The number of hydrogen-bond acceptors (Lipinski definition) is 12. The zero-order valence-electron chi connectivity index (χ0n) is 19.6. The minimum Gasteiger partial charge on any atom is -0.466 e. The number of ether oxygens (including phenoxy) is 6. The van der Waals surface area contributed by atoms with Crippen molar-refractivity contribution in [1.82, 2.24) is 5.32 Å². The molecule has 1 saturated heterocycles. The van der Waals surface area contributed by atoms with Gasteiger partial charge in [-0.3, -0.25) is 24.0 Å². The Hall–Kier alpha value is -2.93. The summed E-state index contributed by atoms with van der Waals surface area (Å²) in [4.78, 5) is 71.2. The lowest BCUT2D eigenvalue weighted by Crippen LogP contribution is -2.67. The van der Waals surface area contributed by atoms with Crippen molar-refractivity contribution in [2.24, 2.45) is 0 Å². The summed E-state index contributed by atoms with van der Waals surface area (Å²) in [5.41, 5.74) is 0. The van der Waals surface area contributed by atoms with Crippen molar-refractivity contribution in [1.29, 1.82) is 0 Å². The van der Waals surface area contributed by atoms with E-state index < -0.39 is 84.3 Å². The lowest BCUT2D eigenvalue weighted by atomic mass is 9.89. The predicted octanol–water partition coefficient (Wildman–Crippen LogP) is -0.254. The molecule has 1 amide bonds.